The molecule has 1 rings (SSSR count). The van der Waals surface area contributed by atoms with E-state index in [0.29, 0.717) is 24.5 Å². The third kappa shape index (κ3) is 14.6. The van der Waals surface area contributed by atoms with E-state index < -0.39 is 47.6 Å². The van der Waals surface area contributed by atoms with E-state index in [4.69, 9.17) is 14.2 Å². The van der Waals surface area contributed by atoms with Crippen molar-refractivity contribution in [3.8, 4) is 5.75 Å². The van der Waals surface area contributed by atoms with E-state index in [9.17, 15) is 19.2 Å². The highest BCUT2D eigenvalue weighted by Gasteiger charge is 2.31. The van der Waals surface area contributed by atoms with Crippen molar-refractivity contribution in [2.24, 2.45) is 5.92 Å². The summed E-state index contributed by atoms with van der Waals surface area (Å²) in [6.45, 7) is 16.6. The first-order chi connectivity index (χ1) is 19.3. The molecule has 3 N–H and O–H groups in total. The van der Waals surface area contributed by atoms with Gasteiger partial charge in [-0.15, -0.1) is 6.58 Å². The Balaban J connectivity index is 3.16. The Morgan fingerprint density at radius 1 is 0.927 bits per heavy atom. The molecule has 3 atom stereocenters. The van der Waals surface area contributed by atoms with Crippen LogP contribution in [-0.2, 0) is 30.3 Å². The summed E-state index contributed by atoms with van der Waals surface area (Å²) in [5, 5.41) is 8.11. The molecular formula is C30H45N3O7S. The average molecular weight is 592 g/mol. The molecule has 1 aromatic carbocycles. The molecule has 0 aromatic heterocycles. The van der Waals surface area contributed by atoms with Gasteiger partial charge in [0.25, 0.3) is 0 Å². The lowest BCUT2D eigenvalue weighted by Crippen LogP contribution is -2.57. The molecule has 0 fully saturated rings. The molecule has 41 heavy (non-hydrogen) atoms. The topological polar surface area (TPSA) is 132 Å². The van der Waals surface area contributed by atoms with Crippen LogP contribution in [0.4, 0.5) is 4.79 Å². The zero-order valence-corrected chi connectivity index (χ0v) is 25.8. The number of esters is 1. The first-order valence-electron chi connectivity index (χ1n) is 13.5. The lowest BCUT2D eigenvalue weighted by Gasteiger charge is -2.27. The normalized spacial score (nSPS) is 13.2. The van der Waals surface area contributed by atoms with Crippen LogP contribution >= 0.6 is 11.8 Å². The van der Waals surface area contributed by atoms with Gasteiger partial charge in [-0.05, 0) is 50.8 Å². The minimum absolute atomic E-state index is 0.0399. The van der Waals surface area contributed by atoms with Crippen molar-refractivity contribution < 1.29 is 33.4 Å². The second-order valence-corrected chi connectivity index (χ2v) is 11.8. The highest BCUT2D eigenvalue weighted by Crippen LogP contribution is 2.15. The summed E-state index contributed by atoms with van der Waals surface area (Å²) < 4.78 is 15.7. The Hall–Kier alpha value is -3.47. The Bertz CT molecular complexity index is 1020. The van der Waals surface area contributed by atoms with Crippen LogP contribution in [-0.4, -0.2) is 72.8 Å². The average Bonchev–Trinajstić information content (AvgIpc) is 2.89. The molecule has 11 heteroatoms. The van der Waals surface area contributed by atoms with Gasteiger partial charge in [0.15, 0.2) is 0 Å². The maximum atomic E-state index is 13.5. The van der Waals surface area contributed by atoms with Crippen LogP contribution in [0.5, 0.6) is 5.75 Å². The number of carbonyl (C=O) groups is 4. The van der Waals surface area contributed by atoms with Crippen LogP contribution in [0.25, 0.3) is 0 Å². The Kier molecular flexibility index (Phi) is 15.7. The van der Waals surface area contributed by atoms with Crippen molar-refractivity contribution in [2.45, 2.75) is 71.2 Å². The first-order valence-corrected chi connectivity index (χ1v) is 14.6. The molecule has 3 amide bonds. The van der Waals surface area contributed by atoms with E-state index in [-0.39, 0.29) is 18.1 Å². The Labute approximate surface area is 248 Å². The zero-order chi connectivity index (χ0) is 31.0. The van der Waals surface area contributed by atoms with Crippen LogP contribution in [0.15, 0.2) is 49.6 Å². The van der Waals surface area contributed by atoms with Gasteiger partial charge in [0.05, 0.1) is 7.11 Å². The number of carbonyl (C=O) groups excluding carboxylic acids is 4. The van der Waals surface area contributed by atoms with Crippen molar-refractivity contribution in [3.05, 3.63) is 55.1 Å². The van der Waals surface area contributed by atoms with Crippen molar-refractivity contribution >= 4 is 35.6 Å². The molecule has 0 aliphatic carbocycles. The van der Waals surface area contributed by atoms with Crippen molar-refractivity contribution in [1.29, 1.82) is 0 Å². The monoisotopic (exact) mass is 591 g/mol. The summed E-state index contributed by atoms with van der Waals surface area (Å²) >= 11 is 1.41. The molecule has 0 saturated heterocycles. The number of benzene rings is 1. The van der Waals surface area contributed by atoms with Gasteiger partial charge in [0.1, 0.15) is 36.1 Å². The molecule has 1 aromatic rings. The zero-order valence-electron chi connectivity index (χ0n) is 25.0. The second kappa shape index (κ2) is 18.1. The van der Waals surface area contributed by atoms with Crippen LogP contribution in [0.3, 0.4) is 0 Å². The fourth-order valence-corrected chi connectivity index (χ4v) is 4.36. The van der Waals surface area contributed by atoms with Gasteiger partial charge in [-0.3, -0.25) is 9.59 Å². The van der Waals surface area contributed by atoms with E-state index in [1.807, 2.05) is 13.8 Å². The van der Waals surface area contributed by atoms with Gasteiger partial charge < -0.3 is 30.2 Å². The SMILES string of the molecule is C=CCOc1ccc(C[C@H](NC(=O)OC(C)(C)C)C(=O)N[C@@H](CC(C)C)C(=O)N[C@H](CSCC=C)C(=O)OC)cc1. The predicted octanol–water partition coefficient (Wildman–Crippen LogP) is 3.80. The molecule has 0 unspecified atom stereocenters. The fraction of sp³-hybridized carbons (Fsp3) is 0.533. The molecule has 0 aliphatic heterocycles. The van der Waals surface area contributed by atoms with Gasteiger partial charge in [0.2, 0.25) is 11.8 Å². The Morgan fingerprint density at radius 2 is 1.54 bits per heavy atom. The van der Waals surface area contributed by atoms with Crippen molar-refractivity contribution in [1.82, 2.24) is 16.0 Å². The van der Waals surface area contributed by atoms with Gasteiger partial charge >= 0.3 is 12.1 Å². The number of amides is 3. The lowest BCUT2D eigenvalue weighted by atomic mass is 10.0. The molecule has 0 radical (unpaired) electrons. The van der Waals surface area contributed by atoms with Crippen LogP contribution in [0, 0.1) is 5.92 Å². The molecule has 228 valence electrons. The van der Waals surface area contributed by atoms with Crippen LogP contribution in [0.1, 0.15) is 46.6 Å². The van der Waals surface area contributed by atoms with Gasteiger partial charge in [0, 0.05) is 17.9 Å². The number of hydrogen-bond acceptors (Lipinski definition) is 8. The van der Waals surface area contributed by atoms with E-state index in [1.165, 1.54) is 18.9 Å². The number of alkyl carbamates (subject to hydrolysis) is 1. The largest absolute Gasteiger partial charge is 0.490 e. The van der Waals surface area contributed by atoms with E-state index in [2.05, 4.69) is 29.1 Å². The highest BCUT2D eigenvalue weighted by molar-refractivity contribution is 7.99. The maximum Gasteiger partial charge on any atom is 0.408 e. The third-order valence-electron chi connectivity index (χ3n) is 5.40. The predicted molar refractivity (Wildman–Crippen MR) is 162 cm³/mol. The summed E-state index contributed by atoms with van der Waals surface area (Å²) in [5.41, 5.74) is -0.0241. The molecular weight excluding hydrogens is 546 g/mol. The van der Waals surface area contributed by atoms with E-state index in [0.717, 1.165) is 5.56 Å². The van der Waals surface area contributed by atoms with Gasteiger partial charge in [-0.1, -0.05) is 44.7 Å². The summed E-state index contributed by atoms with van der Waals surface area (Å²) in [7, 11) is 1.25. The molecule has 0 bridgehead atoms. The standard InChI is InChI=1S/C30H45N3O7S/c1-9-15-39-22-13-11-21(12-14-22)18-24(33-29(37)40-30(5,6)7)27(35)31-23(17-20(3)4)26(34)32-25(28(36)38-8)19-41-16-10-2/h9-14,20,23-25H,1-2,15-19H2,3-8H3,(H,31,35)(H,32,34)(H,33,37)/t23-,24-,25+/m0/s1. The number of nitrogens with one attached hydrogen (secondary N) is 3. The number of methoxy groups -OCH3 is 1. The number of rotatable bonds is 17. The minimum atomic E-state index is -1.05. The number of ether oxygens (including phenoxy) is 3. The van der Waals surface area contributed by atoms with Gasteiger partial charge in [-0.25, -0.2) is 9.59 Å². The Morgan fingerprint density at radius 3 is 2.07 bits per heavy atom. The quantitative estimate of drug-likeness (QED) is 0.142. The smallest absolute Gasteiger partial charge is 0.408 e. The summed E-state index contributed by atoms with van der Waals surface area (Å²) in [6, 6.07) is 4.18. The van der Waals surface area contributed by atoms with E-state index in [1.54, 1.807) is 57.2 Å². The third-order valence-corrected chi connectivity index (χ3v) is 6.44. The summed E-state index contributed by atoms with van der Waals surface area (Å²) in [6.07, 6.45) is 3.00. The van der Waals surface area contributed by atoms with Crippen molar-refractivity contribution in [2.75, 3.05) is 25.2 Å². The molecule has 0 heterocycles. The number of hydrogen-bond donors (Lipinski definition) is 3. The second-order valence-electron chi connectivity index (χ2n) is 10.7. The fourth-order valence-electron chi connectivity index (χ4n) is 3.60. The molecule has 0 aliphatic rings. The van der Waals surface area contributed by atoms with Crippen LogP contribution < -0.4 is 20.7 Å². The molecule has 10 nitrogen and oxygen atoms in total. The van der Waals surface area contributed by atoms with Crippen molar-refractivity contribution in [3.63, 3.8) is 0 Å². The first kappa shape index (κ1) is 35.6. The molecule has 0 spiro atoms. The highest BCUT2D eigenvalue weighted by atomic mass is 32.2. The minimum Gasteiger partial charge on any atom is -0.490 e. The maximum absolute atomic E-state index is 13.5. The lowest BCUT2D eigenvalue weighted by molar-refractivity contribution is -0.144. The molecule has 0 saturated carbocycles. The number of thioether (sulfide) groups is 1. The summed E-state index contributed by atoms with van der Waals surface area (Å²) in [4.78, 5) is 51.8. The van der Waals surface area contributed by atoms with E-state index >= 15 is 0 Å². The van der Waals surface area contributed by atoms with Crippen LogP contribution in [0.2, 0.25) is 0 Å². The van der Waals surface area contributed by atoms with Gasteiger partial charge in [-0.2, -0.15) is 11.8 Å². The summed E-state index contributed by atoms with van der Waals surface area (Å²) in [5.74, 6) is -0.139.